The lowest BCUT2D eigenvalue weighted by molar-refractivity contribution is 0.0161. The molecule has 0 aliphatic carbocycles. The molecule has 0 aliphatic heterocycles. The molecule has 26 heavy (non-hydrogen) atoms. The zero-order valence-electron chi connectivity index (χ0n) is 14.7. The Morgan fingerprint density at radius 3 is 2.73 bits per heavy atom. The smallest absolute Gasteiger partial charge is 0.276 e. The van der Waals surface area contributed by atoms with Gasteiger partial charge in [0.1, 0.15) is 5.82 Å². The standard InChI is InChI=1S/C19H22FIN2O3/c1-3-15(24)8-9-26-23-19(25)16-6-4-13(20)11-18(16)22-17-7-5-14(21)10-12(17)2/h4-7,10-11,15,22,24H,3,8-9H2,1-2H3,(H,23,25). The first-order valence-corrected chi connectivity index (χ1v) is 9.41. The number of aliphatic hydroxyl groups is 1. The summed E-state index contributed by atoms with van der Waals surface area (Å²) in [5.41, 5.74) is 4.72. The fraction of sp³-hybridized carbons (Fsp3) is 0.316. The van der Waals surface area contributed by atoms with E-state index in [9.17, 15) is 14.3 Å². The van der Waals surface area contributed by atoms with E-state index < -0.39 is 17.8 Å². The molecule has 140 valence electrons. The Balaban J connectivity index is 2.10. The van der Waals surface area contributed by atoms with Gasteiger partial charge in [0.2, 0.25) is 0 Å². The summed E-state index contributed by atoms with van der Waals surface area (Å²) in [6.45, 7) is 4.00. The number of carbonyl (C=O) groups excluding carboxylic acids is 1. The zero-order valence-corrected chi connectivity index (χ0v) is 16.8. The third-order valence-electron chi connectivity index (χ3n) is 3.87. The number of hydroxylamine groups is 1. The molecule has 1 amide bonds. The third kappa shape index (κ3) is 5.93. The van der Waals surface area contributed by atoms with Crippen molar-refractivity contribution in [1.29, 1.82) is 0 Å². The molecular formula is C19H22FIN2O3. The highest BCUT2D eigenvalue weighted by Gasteiger charge is 2.14. The van der Waals surface area contributed by atoms with Crippen LogP contribution in [0, 0.1) is 16.3 Å². The van der Waals surface area contributed by atoms with Crippen molar-refractivity contribution in [3.05, 3.63) is 56.9 Å². The minimum Gasteiger partial charge on any atom is -0.393 e. The first-order valence-electron chi connectivity index (χ1n) is 8.33. The second-order valence-electron chi connectivity index (χ2n) is 5.90. The predicted octanol–water partition coefficient (Wildman–Crippen LogP) is 4.30. The molecule has 0 saturated carbocycles. The predicted molar refractivity (Wildman–Crippen MR) is 108 cm³/mol. The lowest BCUT2D eigenvalue weighted by atomic mass is 10.1. The molecule has 1 atom stereocenters. The molecule has 0 aromatic heterocycles. The number of rotatable bonds is 8. The minimum absolute atomic E-state index is 0.195. The van der Waals surface area contributed by atoms with Gasteiger partial charge in [-0.2, -0.15) is 0 Å². The molecule has 0 aliphatic rings. The summed E-state index contributed by atoms with van der Waals surface area (Å²) < 4.78 is 14.8. The van der Waals surface area contributed by atoms with E-state index in [-0.39, 0.29) is 12.2 Å². The number of halogens is 2. The first-order chi connectivity index (χ1) is 12.4. The van der Waals surface area contributed by atoms with Crippen molar-refractivity contribution in [2.45, 2.75) is 32.8 Å². The van der Waals surface area contributed by atoms with E-state index in [0.29, 0.717) is 18.5 Å². The van der Waals surface area contributed by atoms with Crippen LogP contribution >= 0.6 is 22.6 Å². The summed E-state index contributed by atoms with van der Waals surface area (Å²) >= 11 is 2.22. The topological polar surface area (TPSA) is 70.6 Å². The molecule has 5 nitrogen and oxygen atoms in total. The van der Waals surface area contributed by atoms with Gasteiger partial charge in [0.25, 0.3) is 5.91 Å². The number of benzene rings is 2. The maximum absolute atomic E-state index is 13.7. The Morgan fingerprint density at radius 1 is 1.27 bits per heavy atom. The van der Waals surface area contributed by atoms with Crippen molar-refractivity contribution < 1.29 is 19.1 Å². The summed E-state index contributed by atoms with van der Waals surface area (Å²) in [5, 5.41) is 12.6. The molecule has 0 radical (unpaired) electrons. The number of aliphatic hydroxyl groups excluding tert-OH is 1. The van der Waals surface area contributed by atoms with Crippen molar-refractivity contribution >= 4 is 39.9 Å². The molecule has 0 heterocycles. The highest BCUT2D eigenvalue weighted by molar-refractivity contribution is 14.1. The summed E-state index contributed by atoms with van der Waals surface area (Å²) in [5.74, 6) is -0.930. The van der Waals surface area contributed by atoms with Gasteiger partial charge in [-0.25, -0.2) is 9.87 Å². The van der Waals surface area contributed by atoms with Gasteiger partial charge in [-0.05, 0) is 84.3 Å². The Bertz CT molecular complexity index is 770. The SMILES string of the molecule is CCC(O)CCONC(=O)c1ccc(F)cc1Nc1ccc(I)cc1C. The Labute approximate surface area is 166 Å². The number of carbonyl (C=O) groups is 1. The molecule has 0 spiro atoms. The van der Waals surface area contributed by atoms with Gasteiger partial charge >= 0.3 is 0 Å². The minimum atomic E-state index is -0.485. The normalized spacial score (nSPS) is 11.9. The van der Waals surface area contributed by atoms with Crippen molar-refractivity contribution in [3.8, 4) is 0 Å². The molecule has 7 heteroatoms. The van der Waals surface area contributed by atoms with E-state index in [1.807, 2.05) is 32.0 Å². The molecule has 0 bridgehead atoms. The zero-order chi connectivity index (χ0) is 19.1. The monoisotopic (exact) mass is 472 g/mol. The van der Waals surface area contributed by atoms with E-state index in [0.717, 1.165) is 14.8 Å². The van der Waals surface area contributed by atoms with Crippen LogP contribution < -0.4 is 10.8 Å². The van der Waals surface area contributed by atoms with Crippen LogP contribution in [-0.4, -0.2) is 23.7 Å². The molecule has 0 saturated heterocycles. The second kappa shape index (κ2) is 9.84. The fourth-order valence-corrected chi connectivity index (χ4v) is 2.95. The molecule has 3 N–H and O–H groups in total. The largest absolute Gasteiger partial charge is 0.393 e. The summed E-state index contributed by atoms with van der Waals surface area (Å²) in [7, 11) is 0. The van der Waals surface area contributed by atoms with Crippen molar-refractivity contribution in [2.75, 3.05) is 11.9 Å². The quantitative estimate of drug-likeness (QED) is 0.305. The second-order valence-corrected chi connectivity index (χ2v) is 7.15. The number of hydrogen-bond donors (Lipinski definition) is 3. The van der Waals surface area contributed by atoms with Gasteiger partial charge in [-0.15, -0.1) is 0 Å². The molecule has 0 fully saturated rings. The van der Waals surface area contributed by atoms with Gasteiger partial charge in [0.15, 0.2) is 0 Å². The summed E-state index contributed by atoms with van der Waals surface area (Å²) in [6, 6.07) is 9.70. The van der Waals surface area contributed by atoms with Gasteiger partial charge in [-0.3, -0.25) is 9.63 Å². The van der Waals surface area contributed by atoms with Crippen LogP contribution in [0.5, 0.6) is 0 Å². The Kier molecular flexibility index (Phi) is 7.80. The first kappa shape index (κ1) is 20.6. The van der Waals surface area contributed by atoms with Gasteiger partial charge < -0.3 is 10.4 Å². The fourth-order valence-electron chi connectivity index (χ4n) is 2.30. The molecule has 1 unspecified atom stereocenters. The Morgan fingerprint density at radius 2 is 2.04 bits per heavy atom. The number of hydrogen-bond acceptors (Lipinski definition) is 4. The highest BCUT2D eigenvalue weighted by atomic mass is 127. The number of amides is 1. The van der Waals surface area contributed by atoms with E-state index in [1.54, 1.807) is 0 Å². The van der Waals surface area contributed by atoms with Crippen LogP contribution in [0.15, 0.2) is 36.4 Å². The maximum Gasteiger partial charge on any atom is 0.276 e. The van der Waals surface area contributed by atoms with E-state index in [1.165, 1.54) is 18.2 Å². The number of aryl methyl sites for hydroxylation is 1. The average molecular weight is 472 g/mol. The van der Waals surface area contributed by atoms with E-state index in [4.69, 9.17) is 4.84 Å². The van der Waals surface area contributed by atoms with Gasteiger partial charge in [0, 0.05) is 9.26 Å². The lowest BCUT2D eigenvalue weighted by Crippen LogP contribution is -2.26. The van der Waals surface area contributed by atoms with Crippen molar-refractivity contribution in [2.24, 2.45) is 0 Å². The third-order valence-corrected chi connectivity index (χ3v) is 4.54. The maximum atomic E-state index is 13.7. The number of anilines is 2. The van der Waals surface area contributed by atoms with Gasteiger partial charge in [0.05, 0.1) is 24.0 Å². The van der Waals surface area contributed by atoms with E-state index in [2.05, 4.69) is 33.4 Å². The lowest BCUT2D eigenvalue weighted by Gasteiger charge is -2.15. The van der Waals surface area contributed by atoms with Crippen molar-refractivity contribution in [3.63, 3.8) is 0 Å². The Hall–Kier alpha value is -1.71. The summed E-state index contributed by atoms with van der Waals surface area (Å²) in [6.07, 6.45) is 0.588. The average Bonchev–Trinajstić information content (AvgIpc) is 2.60. The van der Waals surface area contributed by atoms with Crippen LogP contribution in [0.4, 0.5) is 15.8 Å². The van der Waals surface area contributed by atoms with E-state index >= 15 is 0 Å². The molecule has 2 aromatic rings. The van der Waals surface area contributed by atoms with Crippen LogP contribution in [-0.2, 0) is 4.84 Å². The van der Waals surface area contributed by atoms with Crippen molar-refractivity contribution in [1.82, 2.24) is 5.48 Å². The highest BCUT2D eigenvalue weighted by Crippen LogP contribution is 2.25. The summed E-state index contributed by atoms with van der Waals surface area (Å²) in [4.78, 5) is 17.5. The van der Waals surface area contributed by atoms with Crippen LogP contribution in [0.3, 0.4) is 0 Å². The van der Waals surface area contributed by atoms with Crippen LogP contribution in [0.25, 0.3) is 0 Å². The molecule has 2 rings (SSSR count). The molecular weight excluding hydrogens is 450 g/mol. The van der Waals surface area contributed by atoms with Crippen LogP contribution in [0.1, 0.15) is 35.7 Å². The number of nitrogens with one attached hydrogen (secondary N) is 2. The molecule has 2 aromatic carbocycles. The van der Waals surface area contributed by atoms with Crippen LogP contribution in [0.2, 0.25) is 0 Å². The van der Waals surface area contributed by atoms with Gasteiger partial charge in [-0.1, -0.05) is 6.92 Å².